The fourth-order valence-corrected chi connectivity index (χ4v) is 2.07. The van der Waals surface area contributed by atoms with Crippen LogP contribution >= 0.6 is 0 Å². The van der Waals surface area contributed by atoms with E-state index in [2.05, 4.69) is 22.5 Å². The van der Waals surface area contributed by atoms with Crippen molar-refractivity contribution in [2.45, 2.75) is 19.8 Å². The molecule has 1 heterocycles. The van der Waals surface area contributed by atoms with Crippen molar-refractivity contribution in [2.24, 2.45) is 11.7 Å². The van der Waals surface area contributed by atoms with Gasteiger partial charge in [0.1, 0.15) is 0 Å². The summed E-state index contributed by atoms with van der Waals surface area (Å²) in [6.07, 6.45) is 2.56. The minimum atomic E-state index is -0.310. The van der Waals surface area contributed by atoms with Crippen LogP contribution < -0.4 is 16.4 Å². The number of nitrogens with one attached hydrogen (secondary N) is 2. The summed E-state index contributed by atoms with van der Waals surface area (Å²) in [5.41, 5.74) is 5.12. The highest BCUT2D eigenvalue weighted by atomic mass is 16.2. The van der Waals surface area contributed by atoms with Crippen LogP contribution in [0.4, 0.5) is 0 Å². The minimum absolute atomic E-state index is 0.00642. The van der Waals surface area contributed by atoms with Gasteiger partial charge in [-0.05, 0) is 31.8 Å². The molecule has 0 radical (unpaired) electrons. The zero-order chi connectivity index (χ0) is 13.4. The van der Waals surface area contributed by atoms with E-state index in [1.54, 1.807) is 0 Å². The molecule has 1 aliphatic heterocycles. The number of nitrogens with two attached hydrogens (primary N) is 1. The molecule has 0 bridgehead atoms. The molecule has 18 heavy (non-hydrogen) atoms. The van der Waals surface area contributed by atoms with Crippen LogP contribution in [0.3, 0.4) is 0 Å². The summed E-state index contributed by atoms with van der Waals surface area (Å²) in [5.74, 6) is -0.0439. The predicted octanol–water partition coefficient (Wildman–Crippen LogP) is -1.09. The van der Waals surface area contributed by atoms with Gasteiger partial charge in [-0.1, -0.05) is 6.92 Å². The summed E-state index contributed by atoms with van der Waals surface area (Å²) in [5, 5.41) is 5.26. The monoisotopic (exact) mass is 256 g/mol. The lowest BCUT2D eigenvalue weighted by Crippen LogP contribution is -2.41. The number of hydrogen-bond donors (Lipinski definition) is 3. The Hall–Kier alpha value is -1.14. The summed E-state index contributed by atoms with van der Waals surface area (Å²) in [4.78, 5) is 24.7. The quantitative estimate of drug-likeness (QED) is 0.540. The lowest BCUT2D eigenvalue weighted by atomic mass is 10.1. The Balaban J connectivity index is 2.07. The molecule has 104 valence electrons. The standard InChI is InChI=1S/C12H24N4O2/c1-10(9-16-4-2-3-5-16)7-14-12(18)8-15-11(17)6-13/h10H,2-9,13H2,1H3,(H,14,18)(H,15,17). The molecule has 1 rings (SSSR count). The molecule has 1 atom stereocenters. The lowest BCUT2D eigenvalue weighted by molar-refractivity contribution is -0.125. The van der Waals surface area contributed by atoms with Crippen LogP contribution in [0.25, 0.3) is 0 Å². The maximum absolute atomic E-state index is 11.4. The molecule has 1 unspecified atom stereocenters. The van der Waals surface area contributed by atoms with Crippen molar-refractivity contribution in [3.05, 3.63) is 0 Å². The SMILES string of the molecule is CC(CNC(=O)CNC(=O)CN)CN1CCCC1. The van der Waals surface area contributed by atoms with Gasteiger partial charge in [-0.2, -0.15) is 0 Å². The number of rotatable bonds is 7. The Kier molecular flexibility index (Phi) is 6.67. The average Bonchev–Trinajstić information content (AvgIpc) is 2.86. The molecule has 0 saturated carbocycles. The molecule has 6 nitrogen and oxygen atoms in total. The molecule has 0 aromatic carbocycles. The first kappa shape index (κ1) is 14.9. The number of amides is 2. The molecule has 0 aromatic heterocycles. The molecule has 1 aliphatic rings. The summed E-state index contributed by atoms with van der Waals surface area (Å²) < 4.78 is 0. The van der Waals surface area contributed by atoms with Gasteiger partial charge in [-0.15, -0.1) is 0 Å². The first-order valence-electron chi connectivity index (χ1n) is 6.57. The third-order valence-corrected chi connectivity index (χ3v) is 3.05. The van der Waals surface area contributed by atoms with Crippen molar-refractivity contribution in [1.29, 1.82) is 0 Å². The van der Waals surface area contributed by atoms with Crippen LogP contribution in [0, 0.1) is 5.92 Å². The molecule has 6 heteroatoms. The maximum atomic E-state index is 11.4. The topological polar surface area (TPSA) is 87.5 Å². The number of likely N-dealkylation sites (tertiary alicyclic amines) is 1. The minimum Gasteiger partial charge on any atom is -0.354 e. The fourth-order valence-electron chi connectivity index (χ4n) is 2.07. The highest BCUT2D eigenvalue weighted by molar-refractivity contribution is 5.85. The van der Waals surface area contributed by atoms with Crippen LogP contribution in [0.2, 0.25) is 0 Å². The Bertz CT molecular complexity index is 277. The number of carbonyl (C=O) groups excluding carboxylic acids is 2. The van der Waals surface area contributed by atoms with E-state index in [4.69, 9.17) is 5.73 Å². The van der Waals surface area contributed by atoms with Gasteiger partial charge in [0.25, 0.3) is 0 Å². The largest absolute Gasteiger partial charge is 0.354 e. The second kappa shape index (κ2) is 8.05. The van der Waals surface area contributed by atoms with Crippen molar-refractivity contribution >= 4 is 11.8 Å². The van der Waals surface area contributed by atoms with Crippen molar-refractivity contribution in [1.82, 2.24) is 15.5 Å². The molecule has 1 saturated heterocycles. The smallest absolute Gasteiger partial charge is 0.239 e. The molecule has 0 spiro atoms. The van der Waals surface area contributed by atoms with Gasteiger partial charge in [0.15, 0.2) is 0 Å². The van der Waals surface area contributed by atoms with Crippen molar-refractivity contribution in [3.63, 3.8) is 0 Å². The van der Waals surface area contributed by atoms with Gasteiger partial charge >= 0.3 is 0 Å². The van der Waals surface area contributed by atoms with Crippen LogP contribution in [-0.2, 0) is 9.59 Å². The van der Waals surface area contributed by atoms with Crippen LogP contribution in [-0.4, -0.2) is 56.0 Å². The van der Waals surface area contributed by atoms with E-state index in [9.17, 15) is 9.59 Å². The van der Waals surface area contributed by atoms with Crippen LogP contribution in [0.5, 0.6) is 0 Å². The normalized spacial score (nSPS) is 17.4. The molecule has 0 aliphatic carbocycles. The summed E-state index contributed by atoms with van der Waals surface area (Å²) >= 11 is 0. The van der Waals surface area contributed by atoms with Crippen molar-refractivity contribution in [3.8, 4) is 0 Å². The van der Waals surface area contributed by atoms with E-state index in [0.717, 1.165) is 6.54 Å². The van der Waals surface area contributed by atoms with Gasteiger partial charge in [0.05, 0.1) is 13.1 Å². The fraction of sp³-hybridized carbons (Fsp3) is 0.833. The molecular formula is C12H24N4O2. The van der Waals surface area contributed by atoms with E-state index >= 15 is 0 Å². The number of hydrogen-bond acceptors (Lipinski definition) is 4. The van der Waals surface area contributed by atoms with Crippen molar-refractivity contribution in [2.75, 3.05) is 39.3 Å². The van der Waals surface area contributed by atoms with Gasteiger partial charge in [0.2, 0.25) is 11.8 Å². The molecule has 1 fully saturated rings. The molecule has 2 amide bonds. The first-order chi connectivity index (χ1) is 8.61. The highest BCUT2D eigenvalue weighted by Gasteiger charge is 2.15. The third-order valence-electron chi connectivity index (χ3n) is 3.05. The number of nitrogens with zero attached hydrogens (tertiary/aromatic N) is 1. The van der Waals surface area contributed by atoms with Gasteiger partial charge in [-0.3, -0.25) is 9.59 Å². The number of carbonyl (C=O) groups is 2. The highest BCUT2D eigenvalue weighted by Crippen LogP contribution is 2.09. The van der Waals surface area contributed by atoms with Gasteiger partial charge < -0.3 is 21.3 Å². The first-order valence-corrected chi connectivity index (χ1v) is 6.57. The Morgan fingerprint density at radius 3 is 2.50 bits per heavy atom. The maximum Gasteiger partial charge on any atom is 0.239 e. The summed E-state index contributed by atoms with van der Waals surface area (Å²) in [6, 6.07) is 0. The zero-order valence-corrected chi connectivity index (χ0v) is 11.1. The van der Waals surface area contributed by atoms with Crippen molar-refractivity contribution < 1.29 is 9.59 Å². The van der Waals surface area contributed by atoms with E-state index in [-0.39, 0.29) is 24.9 Å². The summed E-state index contributed by atoms with van der Waals surface area (Å²) in [7, 11) is 0. The molecule has 0 aromatic rings. The van der Waals surface area contributed by atoms with Gasteiger partial charge in [-0.25, -0.2) is 0 Å². The molecular weight excluding hydrogens is 232 g/mol. The summed E-state index contributed by atoms with van der Waals surface area (Å²) in [6.45, 7) is 6.06. The van der Waals surface area contributed by atoms with E-state index in [1.807, 2.05) is 0 Å². The third kappa shape index (κ3) is 5.97. The van der Waals surface area contributed by atoms with Gasteiger partial charge in [0, 0.05) is 13.1 Å². The lowest BCUT2D eigenvalue weighted by Gasteiger charge is -2.20. The van der Waals surface area contributed by atoms with Crippen LogP contribution in [0.15, 0.2) is 0 Å². The Morgan fingerprint density at radius 1 is 1.22 bits per heavy atom. The predicted molar refractivity (Wildman–Crippen MR) is 69.9 cm³/mol. The zero-order valence-electron chi connectivity index (χ0n) is 11.1. The van der Waals surface area contributed by atoms with E-state index < -0.39 is 0 Å². The van der Waals surface area contributed by atoms with E-state index in [1.165, 1.54) is 25.9 Å². The van der Waals surface area contributed by atoms with E-state index in [0.29, 0.717) is 12.5 Å². The van der Waals surface area contributed by atoms with Crippen LogP contribution in [0.1, 0.15) is 19.8 Å². The Labute approximate surface area is 108 Å². The second-order valence-corrected chi connectivity index (χ2v) is 4.90. The second-order valence-electron chi connectivity index (χ2n) is 4.90. The Morgan fingerprint density at radius 2 is 1.89 bits per heavy atom. The molecule has 4 N–H and O–H groups in total. The average molecular weight is 256 g/mol.